The molecule has 0 unspecified atom stereocenters. The van der Waals surface area contributed by atoms with Crippen molar-refractivity contribution in [3.8, 4) is 0 Å². The normalized spacial score (nSPS) is 15.4. The standard InChI is InChI=1S/C18H25N7O2/c1-23-11-13-24(14-12-23)10-4-8-19-17-7-9-20-18(22-17)21-15-5-2-3-6-16(15)25(26)27/h2-3,5-7,9H,4,8,10-14H2,1H3,(H2,19,20,21,22). The van der Waals surface area contributed by atoms with Gasteiger partial charge in [0.25, 0.3) is 5.69 Å². The van der Waals surface area contributed by atoms with Crippen LogP contribution in [-0.2, 0) is 0 Å². The molecule has 144 valence electrons. The number of likely N-dealkylation sites (N-methyl/N-ethyl adjacent to an activating group) is 1. The molecule has 3 rings (SSSR count). The lowest BCUT2D eigenvalue weighted by molar-refractivity contribution is -0.383. The molecule has 0 atom stereocenters. The summed E-state index contributed by atoms with van der Waals surface area (Å²) in [4.78, 5) is 24.0. The second-order valence-corrected chi connectivity index (χ2v) is 6.59. The fourth-order valence-electron chi connectivity index (χ4n) is 2.97. The molecule has 1 aliphatic heterocycles. The van der Waals surface area contributed by atoms with Gasteiger partial charge in [-0.15, -0.1) is 0 Å². The summed E-state index contributed by atoms with van der Waals surface area (Å²) in [7, 11) is 2.16. The first-order chi connectivity index (χ1) is 13.1. The summed E-state index contributed by atoms with van der Waals surface area (Å²) in [5, 5.41) is 17.3. The van der Waals surface area contributed by atoms with Gasteiger partial charge >= 0.3 is 0 Å². The lowest BCUT2D eigenvalue weighted by Gasteiger charge is -2.32. The third kappa shape index (κ3) is 5.60. The van der Waals surface area contributed by atoms with Gasteiger partial charge in [0.2, 0.25) is 5.95 Å². The number of anilines is 3. The minimum Gasteiger partial charge on any atom is -0.370 e. The average Bonchev–Trinajstić information content (AvgIpc) is 2.67. The molecule has 0 spiro atoms. The van der Waals surface area contributed by atoms with Crippen LogP contribution >= 0.6 is 0 Å². The Bertz CT molecular complexity index is 763. The first-order valence-corrected chi connectivity index (χ1v) is 9.10. The Labute approximate surface area is 158 Å². The number of piperazine rings is 1. The van der Waals surface area contributed by atoms with Crippen molar-refractivity contribution in [2.75, 3.05) is 56.9 Å². The number of nitro benzene ring substituents is 1. The second-order valence-electron chi connectivity index (χ2n) is 6.59. The quantitative estimate of drug-likeness (QED) is 0.414. The Hall–Kier alpha value is -2.78. The van der Waals surface area contributed by atoms with E-state index in [2.05, 4.69) is 37.4 Å². The van der Waals surface area contributed by atoms with Gasteiger partial charge in [-0.25, -0.2) is 4.98 Å². The molecular formula is C18H25N7O2. The zero-order valence-corrected chi connectivity index (χ0v) is 15.5. The molecule has 0 bridgehead atoms. The highest BCUT2D eigenvalue weighted by atomic mass is 16.6. The Kier molecular flexibility index (Phi) is 6.50. The van der Waals surface area contributed by atoms with Crippen molar-refractivity contribution in [2.24, 2.45) is 0 Å². The number of nitro groups is 1. The van der Waals surface area contributed by atoms with E-state index in [1.54, 1.807) is 30.5 Å². The zero-order chi connectivity index (χ0) is 19.1. The number of hydrogen-bond donors (Lipinski definition) is 2. The van der Waals surface area contributed by atoms with Crippen molar-refractivity contribution in [2.45, 2.75) is 6.42 Å². The molecular weight excluding hydrogens is 346 g/mol. The number of hydrogen-bond acceptors (Lipinski definition) is 8. The third-order valence-corrected chi connectivity index (χ3v) is 4.56. The number of rotatable bonds is 8. The van der Waals surface area contributed by atoms with Gasteiger partial charge in [-0.3, -0.25) is 10.1 Å². The molecule has 0 radical (unpaired) electrons. The molecule has 0 saturated carbocycles. The van der Waals surface area contributed by atoms with Gasteiger partial charge in [-0.1, -0.05) is 12.1 Å². The van der Waals surface area contributed by atoms with Crippen LogP contribution in [0.3, 0.4) is 0 Å². The number of aromatic nitrogens is 2. The topological polar surface area (TPSA) is 99.5 Å². The van der Waals surface area contributed by atoms with Crippen molar-refractivity contribution < 1.29 is 4.92 Å². The lowest BCUT2D eigenvalue weighted by Crippen LogP contribution is -2.44. The number of nitrogens with zero attached hydrogens (tertiary/aromatic N) is 5. The molecule has 2 N–H and O–H groups in total. The Morgan fingerprint density at radius 2 is 1.96 bits per heavy atom. The Morgan fingerprint density at radius 1 is 1.19 bits per heavy atom. The summed E-state index contributed by atoms with van der Waals surface area (Å²) in [5.41, 5.74) is 0.362. The van der Waals surface area contributed by atoms with Crippen LogP contribution in [0.5, 0.6) is 0 Å². The van der Waals surface area contributed by atoms with Gasteiger partial charge in [0.1, 0.15) is 11.5 Å². The summed E-state index contributed by atoms with van der Waals surface area (Å²) >= 11 is 0. The predicted octanol–water partition coefficient (Wildman–Crippen LogP) is 2.18. The monoisotopic (exact) mass is 371 g/mol. The van der Waals surface area contributed by atoms with E-state index in [1.165, 1.54) is 6.07 Å². The van der Waals surface area contributed by atoms with E-state index in [1.807, 2.05) is 0 Å². The lowest BCUT2D eigenvalue weighted by atomic mass is 10.3. The molecule has 2 heterocycles. The highest BCUT2D eigenvalue weighted by Crippen LogP contribution is 2.25. The fraction of sp³-hybridized carbons (Fsp3) is 0.444. The maximum Gasteiger partial charge on any atom is 0.292 e. The van der Waals surface area contributed by atoms with Crippen LogP contribution in [-0.4, -0.2) is 71.0 Å². The van der Waals surface area contributed by atoms with Crippen LogP contribution in [0.2, 0.25) is 0 Å². The van der Waals surface area contributed by atoms with E-state index in [9.17, 15) is 10.1 Å². The maximum absolute atomic E-state index is 11.1. The Balaban J connectivity index is 1.50. The van der Waals surface area contributed by atoms with Crippen molar-refractivity contribution >= 4 is 23.1 Å². The van der Waals surface area contributed by atoms with E-state index in [4.69, 9.17) is 0 Å². The number of benzene rings is 1. The highest BCUT2D eigenvalue weighted by molar-refractivity contribution is 5.66. The third-order valence-electron chi connectivity index (χ3n) is 4.56. The summed E-state index contributed by atoms with van der Waals surface area (Å²) < 4.78 is 0. The van der Waals surface area contributed by atoms with Crippen molar-refractivity contribution in [3.05, 3.63) is 46.6 Å². The van der Waals surface area contributed by atoms with Crippen LogP contribution in [0.4, 0.5) is 23.1 Å². The summed E-state index contributed by atoms with van der Waals surface area (Å²) in [6.07, 6.45) is 2.66. The minimum atomic E-state index is -0.428. The molecule has 0 amide bonds. The number of para-hydroxylation sites is 2. The molecule has 9 nitrogen and oxygen atoms in total. The van der Waals surface area contributed by atoms with Crippen LogP contribution in [0.25, 0.3) is 0 Å². The van der Waals surface area contributed by atoms with E-state index in [0.29, 0.717) is 17.5 Å². The first kappa shape index (κ1) is 19.0. The van der Waals surface area contributed by atoms with Crippen LogP contribution < -0.4 is 10.6 Å². The van der Waals surface area contributed by atoms with Crippen molar-refractivity contribution in [1.29, 1.82) is 0 Å². The predicted molar refractivity (Wildman–Crippen MR) is 105 cm³/mol. The molecule has 1 fully saturated rings. The summed E-state index contributed by atoms with van der Waals surface area (Å²) in [6.45, 7) is 6.36. The van der Waals surface area contributed by atoms with E-state index < -0.39 is 4.92 Å². The van der Waals surface area contributed by atoms with Crippen LogP contribution in [0.15, 0.2) is 36.5 Å². The molecule has 1 aliphatic rings. The zero-order valence-electron chi connectivity index (χ0n) is 15.5. The highest BCUT2D eigenvalue weighted by Gasteiger charge is 2.14. The molecule has 9 heteroatoms. The van der Waals surface area contributed by atoms with Gasteiger partial charge < -0.3 is 20.4 Å². The molecule has 1 aromatic heterocycles. The van der Waals surface area contributed by atoms with Gasteiger partial charge in [-0.05, 0) is 32.1 Å². The van der Waals surface area contributed by atoms with Crippen LogP contribution in [0, 0.1) is 10.1 Å². The second kappa shape index (κ2) is 9.24. The molecule has 27 heavy (non-hydrogen) atoms. The van der Waals surface area contributed by atoms with Crippen molar-refractivity contribution in [3.63, 3.8) is 0 Å². The van der Waals surface area contributed by atoms with E-state index >= 15 is 0 Å². The van der Waals surface area contributed by atoms with Gasteiger partial charge in [-0.2, -0.15) is 4.98 Å². The average molecular weight is 371 g/mol. The van der Waals surface area contributed by atoms with Crippen LogP contribution in [0.1, 0.15) is 6.42 Å². The Morgan fingerprint density at radius 3 is 2.74 bits per heavy atom. The maximum atomic E-state index is 11.1. The minimum absolute atomic E-state index is 0.00774. The molecule has 1 aromatic carbocycles. The van der Waals surface area contributed by atoms with Gasteiger partial charge in [0.15, 0.2) is 0 Å². The molecule has 2 aromatic rings. The van der Waals surface area contributed by atoms with Gasteiger partial charge in [0.05, 0.1) is 4.92 Å². The fourth-order valence-corrected chi connectivity index (χ4v) is 2.97. The molecule has 0 aliphatic carbocycles. The van der Waals surface area contributed by atoms with Gasteiger partial charge in [0, 0.05) is 45.0 Å². The first-order valence-electron chi connectivity index (χ1n) is 9.10. The van der Waals surface area contributed by atoms with E-state index in [0.717, 1.165) is 45.7 Å². The smallest absolute Gasteiger partial charge is 0.292 e. The summed E-state index contributed by atoms with van der Waals surface area (Å²) in [6, 6.07) is 8.24. The molecule has 1 saturated heterocycles. The summed E-state index contributed by atoms with van der Waals surface area (Å²) in [5.74, 6) is 1.03. The number of nitrogens with one attached hydrogen (secondary N) is 2. The van der Waals surface area contributed by atoms with E-state index in [-0.39, 0.29) is 5.69 Å². The van der Waals surface area contributed by atoms with Crippen molar-refractivity contribution in [1.82, 2.24) is 19.8 Å². The largest absolute Gasteiger partial charge is 0.370 e. The SMILES string of the molecule is CN1CCN(CCCNc2ccnc(Nc3ccccc3[N+](=O)[O-])n2)CC1.